The van der Waals surface area contributed by atoms with Crippen LogP contribution in [-0.4, -0.2) is 24.4 Å². The summed E-state index contributed by atoms with van der Waals surface area (Å²) in [6.45, 7) is 0.617. The molecule has 1 atom stereocenters. The number of nitrogens with one attached hydrogen (secondary N) is 3. The zero-order valence-corrected chi connectivity index (χ0v) is 10.5. The van der Waals surface area contributed by atoms with Crippen molar-refractivity contribution in [1.29, 1.82) is 0 Å². The summed E-state index contributed by atoms with van der Waals surface area (Å²) in [6.07, 6.45) is 1.69. The van der Waals surface area contributed by atoms with E-state index in [0.29, 0.717) is 25.1 Å². The molecular weight excluding hydrogens is 244 g/mol. The smallest absolute Gasteiger partial charge is 0.224 e. The first-order valence-electron chi connectivity index (χ1n) is 6.37. The first kappa shape index (κ1) is 11.8. The SMILES string of the molecule is Nc1cc2c(cc1NC1CNC(=O)C1)CCC(=O)N2. The number of hydrogen-bond donors (Lipinski definition) is 4. The molecular formula is C13H16N4O2. The normalized spacial score (nSPS) is 21.6. The summed E-state index contributed by atoms with van der Waals surface area (Å²) in [7, 11) is 0. The highest BCUT2D eigenvalue weighted by Gasteiger charge is 2.23. The van der Waals surface area contributed by atoms with Crippen LogP contribution in [0, 0.1) is 0 Å². The van der Waals surface area contributed by atoms with Gasteiger partial charge in [-0.25, -0.2) is 0 Å². The van der Waals surface area contributed by atoms with Crippen LogP contribution in [0.3, 0.4) is 0 Å². The lowest BCUT2D eigenvalue weighted by Gasteiger charge is -2.21. The lowest BCUT2D eigenvalue weighted by atomic mass is 10.0. The maximum Gasteiger partial charge on any atom is 0.224 e. The number of aryl methyl sites for hydroxylation is 1. The van der Waals surface area contributed by atoms with Gasteiger partial charge < -0.3 is 21.7 Å². The van der Waals surface area contributed by atoms with E-state index in [1.165, 1.54) is 0 Å². The third-order valence-corrected chi connectivity index (χ3v) is 3.51. The summed E-state index contributed by atoms with van der Waals surface area (Å²) < 4.78 is 0. The van der Waals surface area contributed by atoms with E-state index in [1.54, 1.807) is 6.07 Å². The van der Waals surface area contributed by atoms with E-state index in [1.807, 2.05) is 6.07 Å². The topological polar surface area (TPSA) is 96.2 Å². The van der Waals surface area contributed by atoms with E-state index in [0.717, 1.165) is 23.4 Å². The molecule has 19 heavy (non-hydrogen) atoms. The molecule has 1 aromatic rings. The number of amides is 2. The molecule has 1 unspecified atom stereocenters. The Bertz CT molecular complexity index is 556. The average molecular weight is 260 g/mol. The van der Waals surface area contributed by atoms with Crippen LogP contribution in [0.2, 0.25) is 0 Å². The van der Waals surface area contributed by atoms with Gasteiger partial charge in [-0.15, -0.1) is 0 Å². The van der Waals surface area contributed by atoms with Crippen molar-refractivity contribution in [2.24, 2.45) is 0 Å². The highest BCUT2D eigenvalue weighted by Crippen LogP contribution is 2.31. The highest BCUT2D eigenvalue weighted by atomic mass is 16.2. The van der Waals surface area contributed by atoms with Crippen LogP contribution in [0.25, 0.3) is 0 Å². The molecule has 1 fully saturated rings. The molecule has 2 heterocycles. The minimum absolute atomic E-state index is 0.0261. The van der Waals surface area contributed by atoms with Gasteiger partial charge in [0.15, 0.2) is 0 Å². The van der Waals surface area contributed by atoms with Gasteiger partial charge in [-0.2, -0.15) is 0 Å². The van der Waals surface area contributed by atoms with Crippen molar-refractivity contribution in [2.75, 3.05) is 22.9 Å². The average Bonchev–Trinajstić information content (AvgIpc) is 2.76. The number of anilines is 3. The van der Waals surface area contributed by atoms with Crippen LogP contribution in [-0.2, 0) is 16.0 Å². The van der Waals surface area contributed by atoms with Crippen LogP contribution in [0.5, 0.6) is 0 Å². The fourth-order valence-electron chi connectivity index (χ4n) is 2.50. The Kier molecular flexibility index (Phi) is 2.77. The number of carbonyl (C=O) groups excluding carboxylic acids is 2. The lowest BCUT2D eigenvalue weighted by Crippen LogP contribution is -2.24. The second-order valence-corrected chi connectivity index (χ2v) is 4.99. The van der Waals surface area contributed by atoms with Crippen molar-refractivity contribution in [3.8, 4) is 0 Å². The van der Waals surface area contributed by atoms with Crippen LogP contribution >= 0.6 is 0 Å². The Morgan fingerprint density at radius 1 is 1.21 bits per heavy atom. The number of nitrogen functional groups attached to an aromatic ring is 1. The second-order valence-electron chi connectivity index (χ2n) is 4.99. The molecule has 0 saturated carbocycles. The third kappa shape index (κ3) is 2.33. The molecule has 2 aliphatic heterocycles. The predicted molar refractivity (Wildman–Crippen MR) is 72.8 cm³/mol. The fraction of sp³-hybridized carbons (Fsp3) is 0.385. The molecule has 0 aliphatic carbocycles. The molecule has 6 nitrogen and oxygen atoms in total. The Labute approximate surface area is 110 Å². The maximum absolute atomic E-state index is 11.3. The first-order chi connectivity index (χ1) is 9.11. The van der Waals surface area contributed by atoms with E-state index < -0.39 is 0 Å². The van der Waals surface area contributed by atoms with Gasteiger partial charge in [0.05, 0.1) is 17.4 Å². The number of carbonyl (C=O) groups is 2. The molecule has 1 aromatic carbocycles. The molecule has 0 radical (unpaired) electrons. The summed E-state index contributed by atoms with van der Waals surface area (Å²) in [6, 6.07) is 3.82. The minimum Gasteiger partial charge on any atom is -0.397 e. The van der Waals surface area contributed by atoms with E-state index in [9.17, 15) is 9.59 Å². The lowest BCUT2D eigenvalue weighted by molar-refractivity contribution is -0.119. The van der Waals surface area contributed by atoms with Gasteiger partial charge in [-0.3, -0.25) is 9.59 Å². The van der Waals surface area contributed by atoms with Crippen LogP contribution in [0.15, 0.2) is 12.1 Å². The van der Waals surface area contributed by atoms with Crippen LogP contribution < -0.4 is 21.7 Å². The third-order valence-electron chi connectivity index (χ3n) is 3.51. The highest BCUT2D eigenvalue weighted by molar-refractivity contribution is 5.95. The number of nitrogens with two attached hydrogens (primary N) is 1. The number of fused-ring (bicyclic) bond motifs is 1. The zero-order valence-electron chi connectivity index (χ0n) is 10.5. The van der Waals surface area contributed by atoms with Gasteiger partial charge in [-0.1, -0.05) is 0 Å². The van der Waals surface area contributed by atoms with E-state index in [-0.39, 0.29) is 17.9 Å². The first-order valence-corrected chi connectivity index (χ1v) is 6.37. The number of rotatable bonds is 2. The molecule has 0 spiro atoms. The van der Waals surface area contributed by atoms with Crippen molar-refractivity contribution in [3.63, 3.8) is 0 Å². The quantitative estimate of drug-likeness (QED) is 0.581. The molecule has 2 amide bonds. The molecule has 5 N–H and O–H groups in total. The van der Waals surface area contributed by atoms with E-state index in [2.05, 4.69) is 16.0 Å². The Hall–Kier alpha value is -2.24. The summed E-state index contributed by atoms with van der Waals surface area (Å²) in [4.78, 5) is 22.5. The molecule has 0 aromatic heterocycles. The Morgan fingerprint density at radius 3 is 2.79 bits per heavy atom. The standard InChI is InChI=1S/C13H16N4O2/c14-9-5-10-7(1-2-12(18)17-10)3-11(9)16-8-4-13(19)15-6-8/h3,5,8,16H,1-2,4,6,14H2,(H,15,19)(H,17,18). The molecule has 6 heteroatoms. The van der Waals surface area contributed by atoms with Crippen molar-refractivity contribution < 1.29 is 9.59 Å². The van der Waals surface area contributed by atoms with E-state index >= 15 is 0 Å². The maximum atomic E-state index is 11.3. The molecule has 3 rings (SSSR count). The molecule has 0 bridgehead atoms. The van der Waals surface area contributed by atoms with Crippen molar-refractivity contribution >= 4 is 28.9 Å². The number of hydrogen-bond acceptors (Lipinski definition) is 4. The van der Waals surface area contributed by atoms with Crippen molar-refractivity contribution in [2.45, 2.75) is 25.3 Å². The summed E-state index contributed by atoms with van der Waals surface area (Å²) >= 11 is 0. The fourth-order valence-corrected chi connectivity index (χ4v) is 2.50. The van der Waals surface area contributed by atoms with Gasteiger partial charge in [0, 0.05) is 25.1 Å². The van der Waals surface area contributed by atoms with E-state index in [4.69, 9.17) is 5.73 Å². The van der Waals surface area contributed by atoms with Gasteiger partial charge in [-0.05, 0) is 24.1 Å². The molecule has 2 aliphatic rings. The van der Waals surface area contributed by atoms with Gasteiger partial charge >= 0.3 is 0 Å². The minimum atomic E-state index is 0.0261. The monoisotopic (exact) mass is 260 g/mol. The molecule has 100 valence electrons. The number of benzene rings is 1. The zero-order chi connectivity index (χ0) is 13.4. The van der Waals surface area contributed by atoms with Crippen LogP contribution in [0.4, 0.5) is 17.1 Å². The predicted octanol–water partition coefficient (Wildman–Crippen LogP) is 0.454. The summed E-state index contributed by atoms with van der Waals surface area (Å²) in [5, 5.41) is 8.87. The van der Waals surface area contributed by atoms with Crippen molar-refractivity contribution in [1.82, 2.24) is 5.32 Å². The Balaban J connectivity index is 1.82. The Morgan fingerprint density at radius 2 is 2.05 bits per heavy atom. The summed E-state index contributed by atoms with van der Waals surface area (Å²) in [5.74, 6) is 0.0829. The van der Waals surface area contributed by atoms with Crippen molar-refractivity contribution in [3.05, 3.63) is 17.7 Å². The molecule has 1 saturated heterocycles. The van der Waals surface area contributed by atoms with Gasteiger partial charge in [0.25, 0.3) is 0 Å². The van der Waals surface area contributed by atoms with Gasteiger partial charge in [0.1, 0.15) is 0 Å². The largest absolute Gasteiger partial charge is 0.397 e. The summed E-state index contributed by atoms with van der Waals surface area (Å²) in [5.41, 5.74) is 9.27. The second kappa shape index (κ2) is 4.46. The van der Waals surface area contributed by atoms with Crippen LogP contribution in [0.1, 0.15) is 18.4 Å². The van der Waals surface area contributed by atoms with Gasteiger partial charge in [0.2, 0.25) is 11.8 Å².